The molecule has 0 spiro atoms. The number of carbonyl (C=O) groups excluding carboxylic acids is 13. The summed E-state index contributed by atoms with van der Waals surface area (Å²) in [5.74, 6) is -9.49. The van der Waals surface area contributed by atoms with E-state index in [0.717, 1.165) is 68.7 Å². The van der Waals surface area contributed by atoms with E-state index in [2.05, 4.69) is 32.0 Å². The Morgan fingerprint density at radius 2 is 0.723 bits per heavy atom. The van der Waals surface area contributed by atoms with Crippen molar-refractivity contribution in [2.45, 2.75) is 247 Å². The van der Waals surface area contributed by atoms with Crippen LogP contribution in [-0.4, -0.2) is 305 Å². The fourth-order valence-corrected chi connectivity index (χ4v) is 13.9. The van der Waals surface area contributed by atoms with Crippen LogP contribution >= 0.6 is 8.53 Å². The molecule has 3 heterocycles. The molecule has 3 fully saturated rings. The van der Waals surface area contributed by atoms with Crippen LogP contribution in [0.25, 0.3) is 0 Å². The zero-order chi connectivity index (χ0) is 88.3. The van der Waals surface area contributed by atoms with E-state index in [9.17, 15) is 62.3 Å². The minimum absolute atomic E-state index is 0.0394. The molecular weight excluding hydrogens is 1600 g/mol. The third kappa shape index (κ3) is 38.6. The van der Waals surface area contributed by atoms with E-state index < -0.39 is 198 Å². The van der Waals surface area contributed by atoms with Crippen molar-refractivity contribution in [3.8, 4) is 23.3 Å². The molecule has 16 atom stereocenters. The lowest BCUT2D eigenvalue weighted by atomic mass is 9.96. The summed E-state index contributed by atoms with van der Waals surface area (Å²) in [6, 6.07) is 1.33. The van der Waals surface area contributed by atoms with E-state index in [0.29, 0.717) is 25.9 Å². The van der Waals surface area contributed by atoms with Crippen LogP contribution in [0.3, 0.4) is 0 Å². The summed E-state index contributed by atoms with van der Waals surface area (Å²) in [6.07, 6.45) is -13.4. The van der Waals surface area contributed by atoms with E-state index >= 15 is 0 Å². The molecule has 1 aromatic carbocycles. The second-order valence-electron chi connectivity index (χ2n) is 27.5. The Labute approximate surface area is 692 Å². The normalized spacial score (nSPS) is 22.9. The van der Waals surface area contributed by atoms with Crippen molar-refractivity contribution in [2.24, 2.45) is 0 Å². The van der Waals surface area contributed by atoms with Gasteiger partial charge in [-0.15, -0.1) is 0 Å². The molecule has 3 saturated heterocycles. The van der Waals surface area contributed by atoms with E-state index in [4.69, 9.17) is 114 Å². The largest absolute Gasteiger partial charge is 0.487 e. The number of nitriles is 1. The highest BCUT2D eigenvalue weighted by atomic mass is 31.2. The molecule has 43 heteroatoms. The Morgan fingerprint density at radius 3 is 1.04 bits per heavy atom. The van der Waals surface area contributed by atoms with Crippen LogP contribution in [0, 0.1) is 11.3 Å². The molecular formula is C76H117N6O36P. The van der Waals surface area contributed by atoms with Gasteiger partial charge < -0.3 is 130 Å². The molecule has 42 nitrogen and oxygen atoms in total. The number of benzene rings is 1. The maximum atomic E-state index is 14.3. The second-order valence-corrected chi connectivity index (χ2v) is 29.0. The van der Waals surface area contributed by atoms with Crippen LogP contribution in [0.4, 0.5) is 0 Å². The number of nitrogens with one attached hydrogen (secondary N) is 4. The predicted octanol–water partition coefficient (Wildman–Crippen LogP) is 2.47. The molecule has 0 bridgehead atoms. The highest BCUT2D eigenvalue weighted by Crippen LogP contribution is 2.46. The van der Waals surface area contributed by atoms with Crippen molar-refractivity contribution in [2.75, 3.05) is 119 Å². The first-order chi connectivity index (χ1) is 56.5. The minimum atomic E-state index is -1.44. The molecule has 0 aromatic heterocycles. The second kappa shape index (κ2) is 55.2. The van der Waals surface area contributed by atoms with Gasteiger partial charge in [0.05, 0.1) is 85.2 Å². The highest BCUT2D eigenvalue weighted by molar-refractivity contribution is 7.44. The van der Waals surface area contributed by atoms with Gasteiger partial charge in [0.1, 0.15) is 76.1 Å². The molecule has 0 radical (unpaired) electrons. The first-order valence-electron chi connectivity index (χ1n) is 38.9. The van der Waals surface area contributed by atoms with Gasteiger partial charge in [-0.2, -0.15) is 5.26 Å². The van der Waals surface area contributed by atoms with Crippen molar-refractivity contribution < 1.29 is 171 Å². The first kappa shape index (κ1) is 103. The van der Waals surface area contributed by atoms with Crippen molar-refractivity contribution in [1.29, 1.82) is 5.26 Å². The van der Waals surface area contributed by atoms with Crippen LogP contribution in [0.2, 0.25) is 0 Å². The summed E-state index contributed by atoms with van der Waals surface area (Å²) in [5.41, 5.74) is 0.0394. The lowest BCUT2D eigenvalue weighted by Crippen LogP contribution is -2.66. The van der Waals surface area contributed by atoms with E-state index in [-0.39, 0.29) is 134 Å². The molecule has 119 heavy (non-hydrogen) atoms. The van der Waals surface area contributed by atoms with Crippen LogP contribution in [0.15, 0.2) is 12.1 Å². The molecule has 4 amide bonds. The third-order valence-corrected chi connectivity index (χ3v) is 18.8. The molecule has 672 valence electrons. The monoisotopic (exact) mass is 1720 g/mol. The molecule has 3 aliphatic rings. The highest BCUT2D eigenvalue weighted by Gasteiger charge is 2.54. The Kier molecular flexibility index (Phi) is 47.5. The number of unbranched alkanes of at least 4 members (excludes halogenated alkanes) is 3. The van der Waals surface area contributed by atoms with Gasteiger partial charge in [0.15, 0.2) is 67.0 Å². The molecule has 4 N–H and O–H groups in total. The Bertz CT molecular complexity index is 3320. The number of esters is 9. The molecule has 1 aromatic rings. The summed E-state index contributed by atoms with van der Waals surface area (Å²) in [5, 5.41) is 20.0. The standard InChI is InChI=1S/C76H117N6O36P/c1-43(2)82(44(3)4)119(109-25-21-22-77)108-24-20-18-17-19-23-78-73(95)57-38-58(99-32-26-96-29-35-102-74-63(79-45(5)83)70(113-54(14)92)67(110-51(11)89)60(116-74)40-105-48(8)86)66(101-34-28-98-31-37-104-76-65(81-47(7)85)72(115-56(16)94)69(112-53(13)91)62(118-76)42-107-50(10)88)59(39-57)100-33-27-97-30-36-103-75-64(80-46(6)84)71(114-55(15)93)68(111-52(12)90)61(117-75)41-106-49(9)87/h38-39,43-44,60-65,67-72,74-76H,17-21,23-37,40-42H2,1-16H3,(H,78,95)(H,79,83)(H,80,84)(H,81,85)/t60-,61-,62-,63-,64-,65-,67+,68+,69+,70-,71-,72-,74-,75-,76-,119?/m1/s1. The molecule has 1 unspecified atom stereocenters. The van der Waals surface area contributed by atoms with Gasteiger partial charge in [-0.3, -0.25) is 62.3 Å². The number of rotatable bonds is 54. The summed E-state index contributed by atoms with van der Waals surface area (Å²) in [4.78, 5) is 162. The number of carbonyl (C=O) groups is 13. The average molecular weight is 1720 g/mol. The van der Waals surface area contributed by atoms with Gasteiger partial charge in [-0.25, -0.2) is 4.67 Å². The van der Waals surface area contributed by atoms with E-state index in [1.165, 1.54) is 32.9 Å². The lowest BCUT2D eigenvalue weighted by molar-refractivity contribution is -0.279. The molecule has 4 rings (SSSR count). The lowest BCUT2D eigenvalue weighted by Gasteiger charge is -2.44. The van der Waals surface area contributed by atoms with E-state index in [1.807, 2.05) is 27.7 Å². The van der Waals surface area contributed by atoms with Crippen molar-refractivity contribution >= 4 is 85.9 Å². The molecule has 0 aliphatic carbocycles. The van der Waals surface area contributed by atoms with Gasteiger partial charge in [0, 0.05) is 107 Å². The SMILES string of the molecule is CC(=O)N[C@H]1[C@H](OCCOCCOc2cc(C(=O)NCCCCCCOP(OCCC#N)N(C(C)C)C(C)C)cc(OCCOCCO[C@@H]3O[C@H](COC(C)=O)[C@H](OC(C)=O)[C@H](OC(C)=O)[C@H]3NC(C)=O)c2OCCOCCO[C@@H]2O[C@H](COC(C)=O)[C@H](OC(C)=O)[C@H](OC(C)=O)[C@H]2NC(C)=O)O[C@H](COC(C)=O)[C@H](OC(C)=O)[C@@H]1OC(C)=O. The quantitative estimate of drug-likeness (QED) is 0.0315. The zero-order valence-electron chi connectivity index (χ0n) is 70.3. The Morgan fingerprint density at radius 1 is 0.403 bits per heavy atom. The van der Waals surface area contributed by atoms with Gasteiger partial charge in [0.2, 0.25) is 23.5 Å². The maximum Gasteiger partial charge on any atom is 0.303 e. The number of ether oxygens (including phenoxy) is 21. The summed E-state index contributed by atoms with van der Waals surface area (Å²) in [6.45, 7) is 18.6. The van der Waals surface area contributed by atoms with Crippen LogP contribution in [0.1, 0.15) is 153 Å². The zero-order valence-corrected chi connectivity index (χ0v) is 71.2. The topological polar surface area (TPSA) is 509 Å². The van der Waals surface area contributed by atoms with Crippen molar-refractivity contribution in [3.63, 3.8) is 0 Å². The minimum Gasteiger partial charge on any atom is -0.487 e. The van der Waals surface area contributed by atoms with Crippen molar-refractivity contribution in [1.82, 2.24) is 25.9 Å². The average Bonchev–Trinajstić information content (AvgIpc) is 0.799. The third-order valence-electron chi connectivity index (χ3n) is 16.7. The van der Waals surface area contributed by atoms with Gasteiger partial charge in [-0.1, -0.05) is 12.8 Å². The summed E-state index contributed by atoms with van der Waals surface area (Å²) < 4.78 is 136. The summed E-state index contributed by atoms with van der Waals surface area (Å²) >= 11 is 0. The van der Waals surface area contributed by atoms with Gasteiger partial charge >= 0.3 is 53.7 Å². The van der Waals surface area contributed by atoms with Crippen molar-refractivity contribution in [3.05, 3.63) is 17.7 Å². The van der Waals surface area contributed by atoms with Crippen LogP contribution in [0.5, 0.6) is 17.2 Å². The van der Waals surface area contributed by atoms with Crippen LogP contribution < -0.4 is 35.5 Å². The van der Waals surface area contributed by atoms with Gasteiger partial charge in [-0.05, 0) is 52.7 Å². The fraction of sp³-hybridized carbons (Fsp3) is 0.737. The van der Waals surface area contributed by atoms with Crippen LogP contribution in [-0.2, 0) is 152 Å². The smallest absolute Gasteiger partial charge is 0.303 e. The molecule has 3 aliphatic heterocycles. The Balaban J connectivity index is 1.66. The number of hydrogen-bond acceptors (Lipinski definition) is 38. The van der Waals surface area contributed by atoms with Gasteiger partial charge in [0.25, 0.3) is 14.4 Å². The molecule has 0 saturated carbocycles. The number of hydrogen-bond donors (Lipinski definition) is 4. The Hall–Kier alpha value is -8.83. The number of amides is 4. The number of nitrogens with zero attached hydrogens (tertiary/aromatic N) is 2. The predicted molar refractivity (Wildman–Crippen MR) is 407 cm³/mol. The van der Waals surface area contributed by atoms with E-state index in [1.54, 1.807) is 0 Å². The fourth-order valence-electron chi connectivity index (χ4n) is 12.3. The summed E-state index contributed by atoms with van der Waals surface area (Å²) in [7, 11) is -1.44. The maximum absolute atomic E-state index is 14.3. The first-order valence-corrected chi connectivity index (χ1v) is 40.0.